The number of rotatable bonds is 5. The van der Waals surface area contributed by atoms with Gasteiger partial charge in [-0.3, -0.25) is 0 Å². The minimum absolute atomic E-state index is 0.863. The molecule has 3 nitrogen and oxygen atoms in total. The molecule has 0 saturated heterocycles. The highest BCUT2D eigenvalue weighted by Gasteiger charge is 2.18. The molecule has 0 bridgehead atoms. The molecule has 0 amide bonds. The molecule has 12 rings (SSSR count). The molecule has 10 aromatic carbocycles. The predicted octanol–water partition coefficient (Wildman–Crippen LogP) is 15.7. The van der Waals surface area contributed by atoms with Crippen LogP contribution in [-0.4, -0.2) is 0 Å². The van der Waals surface area contributed by atoms with Crippen molar-refractivity contribution in [3.63, 3.8) is 0 Å². The maximum Gasteiger partial charge on any atom is 0.137 e. The van der Waals surface area contributed by atoms with Gasteiger partial charge in [-0.25, -0.2) is 0 Å². The fourth-order valence-electron chi connectivity index (χ4n) is 8.82. The second-order valence-corrected chi connectivity index (χ2v) is 14.9. The first-order chi connectivity index (χ1) is 28.2. The molecule has 3 heteroatoms. The largest absolute Gasteiger partial charge is 0.456 e. The van der Waals surface area contributed by atoms with Crippen molar-refractivity contribution in [1.82, 2.24) is 0 Å². The summed E-state index contributed by atoms with van der Waals surface area (Å²) in [6, 6.07) is 71.6. The zero-order valence-electron chi connectivity index (χ0n) is 30.8. The highest BCUT2D eigenvalue weighted by atomic mass is 16.3. The Bertz CT molecular complexity index is 3520. The standard InChI is InChI=1S/C54H33NO2/c1-2-9-39-31-40(15-13-34(39)7-1)35-17-23-42(24-18-35)55(44-27-28-47-52(33-44)57-50-29-21-37-8-3-4-10-45(37)53(47)50)43-25-19-36(20-26-43)41-16-14-38-22-30-51-54(48(38)32-41)46-11-5-6-12-49(46)56-51/h1-33H. The molecule has 2 aromatic heterocycles. The lowest BCUT2D eigenvalue weighted by Crippen LogP contribution is -2.09. The fourth-order valence-corrected chi connectivity index (χ4v) is 8.82. The van der Waals surface area contributed by atoms with Crippen LogP contribution in [0.2, 0.25) is 0 Å². The van der Waals surface area contributed by atoms with Gasteiger partial charge in [-0.15, -0.1) is 0 Å². The van der Waals surface area contributed by atoms with Crippen molar-refractivity contribution >= 4 is 93.3 Å². The first kappa shape index (κ1) is 31.7. The smallest absolute Gasteiger partial charge is 0.137 e. The molecule has 0 spiro atoms. The van der Waals surface area contributed by atoms with Gasteiger partial charge in [-0.05, 0) is 121 Å². The molecule has 0 N–H and O–H groups in total. The maximum absolute atomic E-state index is 6.57. The maximum atomic E-state index is 6.57. The van der Waals surface area contributed by atoms with E-state index in [0.29, 0.717) is 0 Å². The molecule has 12 aromatic rings. The van der Waals surface area contributed by atoms with Gasteiger partial charge in [0.25, 0.3) is 0 Å². The van der Waals surface area contributed by atoms with Crippen LogP contribution >= 0.6 is 0 Å². The number of fused-ring (bicyclic) bond motifs is 11. The van der Waals surface area contributed by atoms with Crippen LogP contribution < -0.4 is 4.90 Å². The van der Waals surface area contributed by atoms with Gasteiger partial charge < -0.3 is 13.7 Å². The summed E-state index contributed by atoms with van der Waals surface area (Å²) >= 11 is 0. The number of hydrogen-bond donors (Lipinski definition) is 0. The van der Waals surface area contributed by atoms with E-state index in [1.165, 1.54) is 43.4 Å². The summed E-state index contributed by atoms with van der Waals surface area (Å²) in [5, 5.41) is 11.9. The van der Waals surface area contributed by atoms with Crippen molar-refractivity contribution in [3.8, 4) is 22.3 Å². The second-order valence-electron chi connectivity index (χ2n) is 14.9. The van der Waals surface area contributed by atoms with Crippen molar-refractivity contribution < 1.29 is 8.83 Å². The summed E-state index contributed by atoms with van der Waals surface area (Å²) in [4.78, 5) is 2.32. The van der Waals surface area contributed by atoms with Crippen molar-refractivity contribution in [3.05, 3.63) is 200 Å². The van der Waals surface area contributed by atoms with E-state index in [1.807, 2.05) is 12.1 Å². The number of benzene rings is 10. The highest BCUT2D eigenvalue weighted by molar-refractivity contribution is 6.20. The molecule has 0 radical (unpaired) electrons. The van der Waals surface area contributed by atoms with Gasteiger partial charge in [0.1, 0.15) is 22.3 Å². The molecule has 0 aliphatic heterocycles. The molecule has 0 aliphatic rings. The number of para-hydroxylation sites is 1. The number of hydrogen-bond acceptors (Lipinski definition) is 3. The zero-order chi connectivity index (χ0) is 37.5. The number of nitrogens with zero attached hydrogens (tertiary/aromatic N) is 1. The lowest BCUT2D eigenvalue weighted by Gasteiger charge is -2.26. The Labute approximate surface area is 328 Å². The van der Waals surface area contributed by atoms with E-state index < -0.39 is 0 Å². The van der Waals surface area contributed by atoms with Gasteiger partial charge in [0.15, 0.2) is 0 Å². The summed E-state index contributed by atoms with van der Waals surface area (Å²) < 4.78 is 12.8. The first-order valence-corrected chi connectivity index (χ1v) is 19.4. The van der Waals surface area contributed by atoms with Crippen LogP contribution in [0.5, 0.6) is 0 Å². The second kappa shape index (κ2) is 12.5. The van der Waals surface area contributed by atoms with Crippen molar-refractivity contribution in [2.24, 2.45) is 0 Å². The van der Waals surface area contributed by atoms with Crippen LogP contribution in [0.3, 0.4) is 0 Å². The van der Waals surface area contributed by atoms with E-state index >= 15 is 0 Å². The predicted molar refractivity (Wildman–Crippen MR) is 239 cm³/mol. The van der Waals surface area contributed by atoms with Crippen LogP contribution in [0.25, 0.3) is 98.4 Å². The molecule has 0 fully saturated rings. The SMILES string of the molecule is c1ccc2cc(-c3ccc(N(c4ccc(-c5ccc6ccc7oc8ccccc8c7c6c5)cc4)c4ccc5c(c4)oc4ccc6ccccc6c45)cc3)ccc2c1. The first-order valence-electron chi connectivity index (χ1n) is 19.4. The normalized spacial score (nSPS) is 11.9. The minimum atomic E-state index is 0.863. The summed E-state index contributed by atoms with van der Waals surface area (Å²) in [5.74, 6) is 0. The molecule has 266 valence electrons. The summed E-state index contributed by atoms with van der Waals surface area (Å²) in [6.45, 7) is 0. The Hall–Kier alpha value is -7.62. The van der Waals surface area contributed by atoms with Crippen LogP contribution in [0.4, 0.5) is 17.1 Å². The molecular weight excluding hydrogens is 695 g/mol. The molecule has 0 atom stereocenters. The number of anilines is 3. The van der Waals surface area contributed by atoms with Crippen LogP contribution in [0, 0.1) is 0 Å². The third kappa shape index (κ3) is 5.13. The molecular formula is C54H33NO2. The van der Waals surface area contributed by atoms with Crippen molar-refractivity contribution in [1.29, 1.82) is 0 Å². The van der Waals surface area contributed by atoms with Crippen LogP contribution in [0.1, 0.15) is 0 Å². The molecule has 0 saturated carbocycles. The lowest BCUT2D eigenvalue weighted by molar-refractivity contribution is 0.669. The Morgan fingerprint density at radius 2 is 0.754 bits per heavy atom. The van der Waals surface area contributed by atoms with Gasteiger partial charge in [0, 0.05) is 44.7 Å². The minimum Gasteiger partial charge on any atom is -0.456 e. The van der Waals surface area contributed by atoms with Gasteiger partial charge >= 0.3 is 0 Å². The van der Waals surface area contributed by atoms with E-state index in [4.69, 9.17) is 8.83 Å². The van der Waals surface area contributed by atoms with Crippen molar-refractivity contribution in [2.45, 2.75) is 0 Å². The van der Waals surface area contributed by atoms with E-state index in [0.717, 1.165) is 72.1 Å². The Balaban J connectivity index is 0.975. The van der Waals surface area contributed by atoms with Gasteiger partial charge in [0.2, 0.25) is 0 Å². The molecule has 0 aliphatic carbocycles. The summed E-state index contributed by atoms with van der Waals surface area (Å²) in [6.07, 6.45) is 0. The van der Waals surface area contributed by atoms with Gasteiger partial charge in [-0.2, -0.15) is 0 Å². The monoisotopic (exact) mass is 727 g/mol. The summed E-state index contributed by atoms with van der Waals surface area (Å²) in [5.41, 5.74) is 11.4. The Morgan fingerprint density at radius 1 is 0.263 bits per heavy atom. The molecule has 0 unspecified atom stereocenters. The molecule has 57 heavy (non-hydrogen) atoms. The quantitative estimate of drug-likeness (QED) is 0.177. The van der Waals surface area contributed by atoms with Crippen molar-refractivity contribution in [2.75, 3.05) is 4.90 Å². The lowest BCUT2D eigenvalue weighted by atomic mass is 9.98. The van der Waals surface area contributed by atoms with Gasteiger partial charge in [-0.1, -0.05) is 127 Å². The van der Waals surface area contributed by atoms with E-state index in [-0.39, 0.29) is 0 Å². The average molecular weight is 728 g/mol. The Morgan fingerprint density at radius 3 is 1.49 bits per heavy atom. The van der Waals surface area contributed by atoms with Crippen LogP contribution in [-0.2, 0) is 0 Å². The van der Waals surface area contributed by atoms with E-state index in [1.54, 1.807) is 0 Å². The highest BCUT2D eigenvalue weighted by Crippen LogP contribution is 2.42. The Kier molecular flexibility index (Phi) is 6.93. The topological polar surface area (TPSA) is 29.5 Å². The van der Waals surface area contributed by atoms with E-state index in [9.17, 15) is 0 Å². The summed E-state index contributed by atoms with van der Waals surface area (Å²) in [7, 11) is 0. The molecule has 2 heterocycles. The van der Waals surface area contributed by atoms with E-state index in [2.05, 4.69) is 193 Å². The third-order valence-corrected chi connectivity index (χ3v) is 11.6. The van der Waals surface area contributed by atoms with Gasteiger partial charge in [0.05, 0.1) is 0 Å². The number of furan rings is 2. The zero-order valence-corrected chi connectivity index (χ0v) is 30.8. The fraction of sp³-hybridized carbons (Fsp3) is 0. The average Bonchev–Trinajstić information content (AvgIpc) is 3.85. The third-order valence-electron chi connectivity index (χ3n) is 11.6. The van der Waals surface area contributed by atoms with Crippen LogP contribution in [0.15, 0.2) is 209 Å².